The van der Waals surface area contributed by atoms with Gasteiger partial charge in [0.1, 0.15) is 5.75 Å². The Morgan fingerprint density at radius 3 is 2.59 bits per heavy atom. The molecule has 2 saturated heterocycles. The van der Waals surface area contributed by atoms with Crippen LogP contribution in [0.25, 0.3) is 0 Å². The number of oxime groups is 1. The van der Waals surface area contributed by atoms with Crippen LogP contribution >= 0.6 is 0 Å². The van der Waals surface area contributed by atoms with E-state index in [-0.39, 0.29) is 6.54 Å². The van der Waals surface area contributed by atoms with E-state index in [1.165, 1.54) is 5.56 Å². The summed E-state index contributed by atoms with van der Waals surface area (Å²) >= 11 is 0. The van der Waals surface area contributed by atoms with E-state index in [9.17, 15) is 14.8 Å². The number of imide groups is 1. The van der Waals surface area contributed by atoms with E-state index in [0.29, 0.717) is 44.2 Å². The van der Waals surface area contributed by atoms with Crippen molar-refractivity contribution < 1.29 is 24.3 Å². The standard InChI is InChI=1S/C27H29N5O5/c1-36-23-7-6-22-17-31(11-9-21(22)16-23)18-27(25(33)28-26(34)29-27)10-8-19-2-4-20(5-3-19)24(30-35)32-12-14-37-15-13-32/h2-7,16,35H,9,11-15,17-18H2,1H3,(H2,28,29,33,34)/t27-/m1/s1. The van der Waals surface area contributed by atoms with E-state index < -0.39 is 17.5 Å². The zero-order chi connectivity index (χ0) is 25.8. The first kappa shape index (κ1) is 24.6. The first-order chi connectivity index (χ1) is 18.0. The van der Waals surface area contributed by atoms with Gasteiger partial charge in [0.2, 0.25) is 0 Å². The van der Waals surface area contributed by atoms with E-state index in [4.69, 9.17) is 9.47 Å². The Kier molecular flexibility index (Phi) is 6.99. The molecule has 1 atom stereocenters. The lowest BCUT2D eigenvalue weighted by Crippen LogP contribution is -2.55. The first-order valence-electron chi connectivity index (χ1n) is 12.2. The fraction of sp³-hybridized carbons (Fsp3) is 0.370. The molecule has 3 heterocycles. The van der Waals surface area contributed by atoms with Crippen molar-refractivity contribution in [3.05, 3.63) is 64.7 Å². The lowest BCUT2D eigenvalue weighted by molar-refractivity contribution is -0.122. The van der Waals surface area contributed by atoms with Crippen LogP contribution in [0.1, 0.15) is 22.3 Å². The van der Waals surface area contributed by atoms with E-state index in [1.54, 1.807) is 19.2 Å². The Bertz CT molecular complexity index is 1280. The molecule has 3 aliphatic rings. The van der Waals surface area contributed by atoms with Crippen LogP contribution in [0.15, 0.2) is 47.6 Å². The first-order valence-corrected chi connectivity index (χ1v) is 12.2. The predicted molar refractivity (Wildman–Crippen MR) is 135 cm³/mol. The maximum atomic E-state index is 12.9. The largest absolute Gasteiger partial charge is 0.497 e. The van der Waals surface area contributed by atoms with E-state index >= 15 is 0 Å². The van der Waals surface area contributed by atoms with Gasteiger partial charge in [-0.1, -0.05) is 23.1 Å². The minimum absolute atomic E-state index is 0.263. The Morgan fingerprint density at radius 2 is 1.92 bits per heavy atom. The second kappa shape index (κ2) is 10.5. The zero-order valence-electron chi connectivity index (χ0n) is 20.6. The van der Waals surface area contributed by atoms with Crippen LogP contribution in [0.4, 0.5) is 4.79 Å². The molecule has 2 aromatic rings. The lowest BCUT2D eigenvalue weighted by Gasteiger charge is -2.33. The molecule has 10 nitrogen and oxygen atoms in total. The average Bonchev–Trinajstić information content (AvgIpc) is 3.21. The second-order valence-electron chi connectivity index (χ2n) is 9.26. The third-order valence-electron chi connectivity index (χ3n) is 6.88. The smallest absolute Gasteiger partial charge is 0.323 e. The van der Waals surface area contributed by atoms with Gasteiger partial charge >= 0.3 is 6.03 Å². The number of amidine groups is 1. The van der Waals surface area contributed by atoms with Crippen molar-refractivity contribution in [1.82, 2.24) is 20.4 Å². The maximum Gasteiger partial charge on any atom is 0.323 e. The minimum Gasteiger partial charge on any atom is -0.497 e. The number of benzene rings is 2. The number of methoxy groups -OCH3 is 1. The van der Waals surface area contributed by atoms with E-state index in [0.717, 1.165) is 29.8 Å². The number of carbonyl (C=O) groups is 2. The molecule has 0 spiro atoms. The number of carbonyl (C=O) groups excluding carboxylic acids is 2. The number of hydrogen-bond acceptors (Lipinski definition) is 7. The van der Waals surface area contributed by atoms with Crippen molar-refractivity contribution in [3.8, 4) is 17.6 Å². The van der Waals surface area contributed by atoms with Crippen LogP contribution in [0.2, 0.25) is 0 Å². The van der Waals surface area contributed by atoms with Crippen molar-refractivity contribution in [2.75, 3.05) is 46.5 Å². The topological polar surface area (TPSA) is 116 Å². The van der Waals surface area contributed by atoms with Gasteiger partial charge in [0.15, 0.2) is 11.4 Å². The summed E-state index contributed by atoms with van der Waals surface area (Å²) in [6.45, 7) is 4.08. The summed E-state index contributed by atoms with van der Waals surface area (Å²) in [7, 11) is 1.65. The van der Waals surface area contributed by atoms with Gasteiger partial charge in [0.05, 0.1) is 20.3 Å². The SMILES string of the molecule is COc1ccc2c(c1)CCN(C[C@@]1(C#Cc3ccc(C(=NO)N4CCOCC4)cc3)NC(=O)NC1=O)C2. The molecule has 0 aliphatic carbocycles. The number of morpholine rings is 1. The number of amides is 3. The van der Waals surface area contributed by atoms with Gasteiger partial charge in [-0.2, -0.15) is 0 Å². The third-order valence-corrected chi connectivity index (χ3v) is 6.88. The summed E-state index contributed by atoms with van der Waals surface area (Å²) in [5.41, 5.74) is 2.45. The number of hydrogen-bond donors (Lipinski definition) is 3. The summed E-state index contributed by atoms with van der Waals surface area (Å²) in [6.07, 6.45) is 0.810. The Morgan fingerprint density at radius 1 is 1.14 bits per heavy atom. The molecule has 3 aliphatic heterocycles. The number of rotatable bonds is 4. The molecule has 0 bridgehead atoms. The van der Waals surface area contributed by atoms with Gasteiger partial charge in [0.25, 0.3) is 5.91 Å². The molecule has 2 fully saturated rings. The molecule has 0 radical (unpaired) electrons. The molecular formula is C27H29N5O5. The number of fused-ring (bicyclic) bond motifs is 1. The highest BCUT2D eigenvalue weighted by Crippen LogP contribution is 2.25. The zero-order valence-corrected chi connectivity index (χ0v) is 20.6. The fourth-order valence-electron chi connectivity index (χ4n) is 4.88. The molecule has 0 unspecified atom stereocenters. The Balaban J connectivity index is 1.34. The molecule has 37 heavy (non-hydrogen) atoms. The third kappa shape index (κ3) is 5.23. The van der Waals surface area contributed by atoms with Crippen LogP contribution in [0.5, 0.6) is 5.75 Å². The van der Waals surface area contributed by atoms with Crippen molar-refractivity contribution in [2.24, 2.45) is 5.16 Å². The molecule has 5 rings (SSSR count). The number of nitrogens with one attached hydrogen (secondary N) is 2. The number of ether oxygens (including phenoxy) is 2. The quantitative estimate of drug-likeness (QED) is 0.143. The Hall–Kier alpha value is -4.07. The highest BCUT2D eigenvalue weighted by molar-refractivity contribution is 6.09. The van der Waals surface area contributed by atoms with Gasteiger partial charge in [-0.15, -0.1) is 0 Å². The van der Waals surface area contributed by atoms with Gasteiger partial charge in [-0.3, -0.25) is 15.0 Å². The van der Waals surface area contributed by atoms with Crippen LogP contribution in [-0.4, -0.2) is 84.8 Å². The van der Waals surface area contributed by atoms with Crippen LogP contribution in [0.3, 0.4) is 0 Å². The summed E-state index contributed by atoms with van der Waals surface area (Å²) in [5.74, 6) is 6.95. The van der Waals surface area contributed by atoms with Crippen molar-refractivity contribution in [2.45, 2.75) is 18.5 Å². The van der Waals surface area contributed by atoms with Crippen molar-refractivity contribution in [3.63, 3.8) is 0 Å². The van der Waals surface area contributed by atoms with Crippen molar-refractivity contribution >= 4 is 17.8 Å². The predicted octanol–water partition coefficient (Wildman–Crippen LogP) is 1.15. The Labute approximate surface area is 215 Å². The average molecular weight is 504 g/mol. The number of nitrogens with zero attached hydrogens (tertiary/aromatic N) is 3. The monoisotopic (exact) mass is 503 g/mol. The van der Waals surface area contributed by atoms with Crippen LogP contribution in [-0.2, 0) is 22.5 Å². The fourth-order valence-corrected chi connectivity index (χ4v) is 4.88. The molecular weight excluding hydrogens is 474 g/mol. The summed E-state index contributed by atoms with van der Waals surface area (Å²) < 4.78 is 10.7. The highest BCUT2D eigenvalue weighted by Gasteiger charge is 2.46. The minimum atomic E-state index is -1.36. The van der Waals surface area contributed by atoms with Crippen molar-refractivity contribution in [1.29, 1.82) is 0 Å². The van der Waals surface area contributed by atoms with Gasteiger partial charge in [0, 0.05) is 43.9 Å². The second-order valence-corrected chi connectivity index (χ2v) is 9.26. The normalized spacial score (nSPS) is 22.0. The van der Waals surface area contributed by atoms with Gasteiger partial charge in [-0.25, -0.2) is 4.79 Å². The number of urea groups is 1. The summed E-state index contributed by atoms with van der Waals surface area (Å²) in [6, 6.07) is 12.7. The molecule has 3 N–H and O–H groups in total. The van der Waals surface area contributed by atoms with E-state index in [2.05, 4.69) is 32.5 Å². The summed E-state index contributed by atoms with van der Waals surface area (Å²) in [4.78, 5) is 29.1. The molecule has 0 saturated carbocycles. The maximum absolute atomic E-state index is 12.9. The summed E-state index contributed by atoms with van der Waals surface area (Å²) in [5, 5.41) is 18.1. The molecule has 3 amide bonds. The van der Waals surface area contributed by atoms with Crippen LogP contribution < -0.4 is 15.4 Å². The molecule has 0 aromatic heterocycles. The molecule has 2 aromatic carbocycles. The van der Waals surface area contributed by atoms with Gasteiger partial charge in [-0.05, 0) is 53.9 Å². The highest BCUT2D eigenvalue weighted by atomic mass is 16.5. The van der Waals surface area contributed by atoms with E-state index in [1.807, 2.05) is 35.2 Å². The van der Waals surface area contributed by atoms with Crippen LogP contribution in [0, 0.1) is 11.8 Å². The van der Waals surface area contributed by atoms with Gasteiger partial charge < -0.3 is 24.9 Å². The molecule has 10 heteroatoms. The lowest BCUT2D eigenvalue weighted by atomic mass is 9.95. The molecule has 192 valence electrons.